The lowest BCUT2D eigenvalue weighted by atomic mass is 10.3. The number of benzene rings is 2. The Kier molecular flexibility index (Phi) is 6.39. The molecule has 0 spiro atoms. The van der Waals surface area contributed by atoms with Gasteiger partial charge in [0.1, 0.15) is 11.5 Å². The van der Waals surface area contributed by atoms with Crippen molar-refractivity contribution in [3.8, 4) is 11.5 Å². The molecule has 6 heteroatoms. The topological polar surface area (TPSA) is 44.5 Å². The SMILES string of the molecule is Nc1ccccc1OCCCOc1c(Br)cc(Br)cc1Br. The van der Waals surface area contributed by atoms with Gasteiger partial charge >= 0.3 is 0 Å². The van der Waals surface area contributed by atoms with Gasteiger partial charge in [-0.3, -0.25) is 0 Å². The molecular weight excluding hydrogens is 466 g/mol. The first-order valence-electron chi connectivity index (χ1n) is 6.32. The molecule has 0 radical (unpaired) electrons. The first kappa shape index (κ1) is 16.6. The van der Waals surface area contributed by atoms with Crippen molar-refractivity contribution in [1.82, 2.24) is 0 Å². The van der Waals surface area contributed by atoms with E-state index in [4.69, 9.17) is 15.2 Å². The normalized spacial score (nSPS) is 10.4. The van der Waals surface area contributed by atoms with Gasteiger partial charge in [0.15, 0.2) is 0 Å². The van der Waals surface area contributed by atoms with Crippen LogP contribution < -0.4 is 15.2 Å². The second-order valence-electron chi connectivity index (χ2n) is 4.29. The number of rotatable bonds is 6. The third-order valence-corrected chi connectivity index (χ3v) is 4.31. The van der Waals surface area contributed by atoms with Crippen LogP contribution in [0, 0.1) is 0 Å². The van der Waals surface area contributed by atoms with E-state index in [1.807, 2.05) is 36.4 Å². The molecule has 0 bridgehead atoms. The van der Waals surface area contributed by atoms with Gasteiger partial charge in [-0.25, -0.2) is 0 Å². The lowest BCUT2D eigenvalue weighted by Crippen LogP contribution is -2.06. The zero-order valence-electron chi connectivity index (χ0n) is 11.1. The van der Waals surface area contributed by atoms with Gasteiger partial charge in [-0.05, 0) is 56.1 Å². The summed E-state index contributed by atoms with van der Waals surface area (Å²) in [5.74, 6) is 1.50. The molecule has 0 unspecified atom stereocenters. The Morgan fingerprint density at radius 2 is 1.52 bits per heavy atom. The van der Waals surface area contributed by atoms with Crippen molar-refractivity contribution in [2.24, 2.45) is 0 Å². The molecule has 0 aliphatic heterocycles. The Morgan fingerprint density at radius 3 is 2.19 bits per heavy atom. The van der Waals surface area contributed by atoms with Crippen molar-refractivity contribution in [3.63, 3.8) is 0 Å². The number of nitrogen functional groups attached to an aromatic ring is 1. The second-order valence-corrected chi connectivity index (χ2v) is 6.91. The monoisotopic (exact) mass is 477 g/mol. The Morgan fingerprint density at radius 1 is 0.905 bits per heavy atom. The maximum absolute atomic E-state index is 5.81. The van der Waals surface area contributed by atoms with E-state index < -0.39 is 0 Å². The second kappa shape index (κ2) is 8.06. The summed E-state index contributed by atoms with van der Waals surface area (Å²) in [4.78, 5) is 0. The molecule has 0 atom stereocenters. The highest BCUT2D eigenvalue weighted by Gasteiger charge is 2.08. The Bertz CT molecular complexity index is 597. The van der Waals surface area contributed by atoms with Crippen LogP contribution in [0.15, 0.2) is 49.8 Å². The minimum atomic E-state index is 0.556. The van der Waals surface area contributed by atoms with Crippen LogP contribution in [0.3, 0.4) is 0 Å². The Labute approximate surface area is 149 Å². The molecule has 0 heterocycles. The molecule has 0 fully saturated rings. The van der Waals surface area contributed by atoms with E-state index in [9.17, 15) is 0 Å². The minimum Gasteiger partial charge on any atom is -0.491 e. The molecule has 0 amide bonds. The summed E-state index contributed by atoms with van der Waals surface area (Å²) in [6.07, 6.45) is 0.767. The molecule has 112 valence electrons. The maximum atomic E-state index is 5.81. The summed E-state index contributed by atoms with van der Waals surface area (Å²) in [5, 5.41) is 0. The van der Waals surface area contributed by atoms with Crippen LogP contribution >= 0.6 is 47.8 Å². The van der Waals surface area contributed by atoms with E-state index in [1.165, 1.54) is 0 Å². The van der Waals surface area contributed by atoms with Crippen molar-refractivity contribution < 1.29 is 9.47 Å². The van der Waals surface area contributed by atoms with E-state index in [0.717, 1.165) is 25.6 Å². The van der Waals surface area contributed by atoms with E-state index in [2.05, 4.69) is 47.8 Å². The van der Waals surface area contributed by atoms with Crippen LogP contribution in [0.4, 0.5) is 5.69 Å². The number of anilines is 1. The first-order valence-corrected chi connectivity index (χ1v) is 8.70. The predicted molar refractivity (Wildman–Crippen MR) is 96.0 cm³/mol. The summed E-state index contributed by atoms with van der Waals surface area (Å²) in [7, 11) is 0. The molecule has 0 saturated carbocycles. The first-order chi connectivity index (χ1) is 10.1. The quantitative estimate of drug-likeness (QED) is 0.445. The van der Waals surface area contributed by atoms with E-state index >= 15 is 0 Å². The van der Waals surface area contributed by atoms with Gasteiger partial charge in [-0.2, -0.15) is 0 Å². The van der Waals surface area contributed by atoms with Crippen LogP contribution in [-0.2, 0) is 0 Å². The Balaban J connectivity index is 1.79. The molecule has 0 aliphatic rings. The van der Waals surface area contributed by atoms with Gasteiger partial charge in [0.25, 0.3) is 0 Å². The summed E-state index contributed by atoms with van der Waals surface area (Å²) in [6.45, 7) is 1.12. The Hall–Kier alpha value is -0.720. The molecule has 0 aromatic heterocycles. The van der Waals surface area contributed by atoms with Crippen molar-refractivity contribution >= 4 is 53.5 Å². The molecule has 3 nitrogen and oxygen atoms in total. The molecule has 21 heavy (non-hydrogen) atoms. The van der Waals surface area contributed by atoms with E-state index in [-0.39, 0.29) is 0 Å². The average Bonchev–Trinajstić information content (AvgIpc) is 2.42. The molecule has 0 aliphatic carbocycles. The number of hydrogen-bond acceptors (Lipinski definition) is 3. The summed E-state index contributed by atoms with van der Waals surface area (Å²) >= 11 is 10.4. The fourth-order valence-corrected chi connectivity index (χ4v) is 4.18. The van der Waals surface area contributed by atoms with Crippen LogP contribution in [-0.4, -0.2) is 13.2 Å². The molecule has 2 aromatic rings. The lowest BCUT2D eigenvalue weighted by molar-refractivity contribution is 0.246. The number of halogens is 3. The molecule has 2 aromatic carbocycles. The van der Waals surface area contributed by atoms with Crippen molar-refractivity contribution in [3.05, 3.63) is 49.8 Å². The molecule has 2 N–H and O–H groups in total. The van der Waals surface area contributed by atoms with Crippen LogP contribution in [0.1, 0.15) is 6.42 Å². The van der Waals surface area contributed by atoms with Crippen LogP contribution in [0.5, 0.6) is 11.5 Å². The van der Waals surface area contributed by atoms with E-state index in [1.54, 1.807) is 0 Å². The zero-order valence-corrected chi connectivity index (χ0v) is 15.9. The molecular formula is C15H14Br3NO2. The van der Waals surface area contributed by atoms with Crippen LogP contribution in [0.2, 0.25) is 0 Å². The van der Waals surface area contributed by atoms with Crippen LogP contribution in [0.25, 0.3) is 0 Å². The fourth-order valence-electron chi connectivity index (χ4n) is 1.69. The number of para-hydroxylation sites is 2. The number of hydrogen-bond donors (Lipinski definition) is 1. The summed E-state index contributed by atoms with van der Waals surface area (Å²) in [5.41, 5.74) is 6.46. The van der Waals surface area contributed by atoms with Gasteiger partial charge in [-0.15, -0.1) is 0 Å². The summed E-state index contributed by atoms with van der Waals surface area (Å²) in [6, 6.07) is 11.4. The highest BCUT2D eigenvalue weighted by atomic mass is 79.9. The van der Waals surface area contributed by atoms with Crippen molar-refractivity contribution in [2.45, 2.75) is 6.42 Å². The van der Waals surface area contributed by atoms with Gasteiger partial charge in [0, 0.05) is 10.9 Å². The number of nitrogens with two attached hydrogens (primary N) is 1. The maximum Gasteiger partial charge on any atom is 0.147 e. The van der Waals surface area contributed by atoms with Gasteiger partial charge in [-0.1, -0.05) is 28.1 Å². The fraction of sp³-hybridized carbons (Fsp3) is 0.200. The largest absolute Gasteiger partial charge is 0.491 e. The molecule has 2 rings (SSSR count). The lowest BCUT2D eigenvalue weighted by Gasteiger charge is -2.12. The minimum absolute atomic E-state index is 0.556. The highest BCUT2D eigenvalue weighted by molar-refractivity contribution is 9.11. The molecule has 0 saturated heterocycles. The zero-order chi connectivity index (χ0) is 15.2. The number of ether oxygens (including phenoxy) is 2. The van der Waals surface area contributed by atoms with Gasteiger partial charge in [0.05, 0.1) is 27.8 Å². The summed E-state index contributed by atoms with van der Waals surface area (Å²) < 4.78 is 14.2. The average molecular weight is 480 g/mol. The van der Waals surface area contributed by atoms with Crippen molar-refractivity contribution in [2.75, 3.05) is 18.9 Å². The smallest absolute Gasteiger partial charge is 0.147 e. The highest BCUT2D eigenvalue weighted by Crippen LogP contribution is 2.36. The van der Waals surface area contributed by atoms with Crippen molar-refractivity contribution in [1.29, 1.82) is 0 Å². The standard InChI is InChI=1S/C15H14Br3NO2/c16-10-8-11(17)15(12(18)9-10)21-7-3-6-20-14-5-2-1-4-13(14)19/h1-2,4-5,8-9H,3,6-7,19H2. The predicted octanol–water partition coefficient (Wildman–Crippen LogP) is 5.40. The van der Waals surface area contributed by atoms with E-state index in [0.29, 0.717) is 24.7 Å². The third kappa shape index (κ3) is 4.90. The van der Waals surface area contributed by atoms with Gasteiger partial charge < -0.3 is 15.2 Å². The van der Waals surface area contributed by atoms with Gasteiger partial charge in [0.2, 0.25) is 0 Å². The third-order valence-electron chi connectivity index (χ3n) is 2.67.